The first kappa shape index (κ1) is 22.5. The molecule has 4 rings (SSSR count). The second-order valence-electron chi connectivity index (χ2n) is 8.21. The predicted octanol–water partition coefficient (Wildman–Crippen LogP) is 4.74. The van der Waals surface area contributed by atoms with Crippen molar-refractivity contribution in [3.63, 3.8) is 0 Å². The van der Waals surface area contributed by atoms with Crippen LogP contribution < -0.4 is 15.5 Å². The lowest BCUT2D eigenvalue weighted by Gasteiger charge is -2.29. The van der Waals surface area contributed by atoms with Crippen molar-refractivity contribution in [2.45, 2.75) is 52.7 Å². The van der Waals surface area contributed by atoms with Crippen LogP contribution in [0.4, 0.5) is 15.5 Å². The van der Waals surface area contributed by atoms with Gasteiger partial charge in [-0.25, -0.2) is 4.79 Å². The van der Waals surface area contributed by atoms with Crippen LogP contribution in [0.25, 0.3) is 0 Å². The number of amides is 2. The van der Waals surface area contributed by atoms with Crippen LogP contribution in [0.15, 0.2) is 24.3 Å². The lowest BCUT2D eigenvalue weighted by Crippen LogP contribution is -2.39. The number of nitrogens with one attached hydrogen (secondary N) is 2. The van der Waals surface area contributed by atoms with E-state index in [0.717, 1.165) is 52.5 Å². The molecule has 2 aromatic rings. The molecule has 1 aromatic carbocycles. The Morgan fingerprint density at radius 1 is 1.16 bits per heavy atom. The van der Waals surface area contributed by atoms with Crippen molar-refractivity contribution >= 4 is 34.0 Å². The fourth-order valence-corrected chi connectivity index (χ4v) is 5.73. The van der Waals surface area contributed by atoms with E-state index in [2.05, 4.69) is 53.6 Å². The van der Waals surface area contributed by atoms with Crippen LogP contribution in [0, 0.1) is 0 Å². The van der Waals surface area contributed by atoms with E-state index in [9.17, 15) is 9.59 Å². The molecule has 2 amide bonds. The number of hydrogen-bond acceptors (Lipinski definition) is 6. The molecular weight excluding hydrogens is 424 g/mol. The summed E-state index contributed by atoms with van der Waals surface area (Å²) in [5.74, 6) is -0.0477. The van der Waals surface area contributed by atoms with Crippen LogP contribution in [-0.2, 0) is 17.7 Å². The molecule has 0 bridgehead atoms. The minimum absolute atomic E-state index is 0.0477. The Morgan fingerprint density at radius 3 is 2.53 bits per heavy atom. The zero-order valence-corrected chi connectivity index (χ0v) is 19.9. The quantitative estimate of drug-likeness (QED) is 0.629. The van der Waals surface area contributed by atoms with Gasteiger partial charge in [0.25, 0.3) is 5.91 Å². The fraction of sp³-hybridized carbons (Fsp3) is 0.500. The summed E-state index contributed by atoms with van der Waals surface area (Å²) < 4.78 is 5.14. The Bertz CT molecular complexity index is 966. The van der Waals surface area contributed by atoms with Crippen LogP contribution in [-0.4, -0.2) is 43.1 Å². The van der Waals surface area contributed by atoms with Crippen molar-refractivity contribution in [2.24, 2.45) is 0 Å². The molecule has 2 aliphatic rings. The molecule has 3 heterocycles. The number of benzene rings is 1. The van der Waals surface area contributed by atoms with Crippen molar-refractivity contribution in [1.82, 2.24) is 10.2 Å². The average Bonchev–Trinajstić information content (AvgIpc) is 3.17. The van der Waals surface area contributed by atoms with Crippen molar-refractivity contribution in [1.29, 1.82) is 0 Å². The number of fused-ring (bicyclic) bond motifs is 3. The first-order chi connectivity index (χ1) is 15.5. The van der Waals surface area contributed by atoms with E-state index in [-0.39, 0.29) is 18.2 Å². The molecule has 0 radical (unpaired) electrons. The van der Waals surface area contributed by atoms with E-state index in [0.29, 0.717) is 26.1 Å². The first-order valence-corrected chi connectivity index (χ1v) is 12.4. The molecule has 8 heteroatoms. The van der Waals surface area contributed by atoms with Gasteiger partial charge in [-0.2, -0.15) is 0 Å². The van der Waals surface area contributed by atoms with Crippen LogP contribution >= 0.6 is 11.3 Å². The van der Waals surface area contributed by atoms with Gasteiger partial charge in [0.2, 0.25) is 0 Å². The molecule has 0 saturated carbocycles. The summed E-state index contributed by atoms with van der Waals surface area (Å²) in [5, 5.41) is 7.51. The van der Waals surface area contributed by atoms with Crippen molar-refractivity contribution in [3.8, 4) is 0 Å². The number of anilines is 2. The lowest BCUT2D eigenvalue weighted by molar-refractivity contribution is 0.0934. The summed E-state index contributed by atoms with van der Waals surface area (Å²) in [7, 11) is 0. The van der Waals surface area contributed by atoms with Crippen LogP contribution in [0.5, 0.6) is 0 Å². The number of carbonyl (C=O) groups is 2. The molecule has 7 nitrogen and oxygen atoms in total. The van der Waals surface area contributed by atoms with Gasteiger partial charge >= 0.3 is 6.09 Å². The van der Waals surface area contributed by atoms with Crippen LogP contribution in [0.3, 0.4) is 0 Å². The summed E-state index contributed by atoms with van der Waals surface area (Å²) in [6, 6.07) is 8.46. The van der Waals surface area contributed by atoms with Gasteiger partial charge in [-0.1, -0.05) is 26.0 Å². The molecule has 1 aromatic heterocycles. The molecule has 0 aliphatic carbocycles. The van der Waals surface area contributed by atoms with Gasteiger partial charge in [0.1, 0.15) is 11.2 Å². The van der Waals surface area contributed by atoms with Gasteiger partial charge in [-0.05, 0) is 49.4 Å². The van der Waals surface area contributed by atoms with Gasteiger partial charge in [0.15, 0.2) is 0 Å². The Morgan fingerprint density at radius 2 is 1.88 bits per heavy atom. The third kappa shape index (κ3) is 4.41. The Kier molecular flexibility index (Phi) is 6.89. The van der Waals surface area contributed by atoms with Gasteiger partial charge in [0, 0.05) is 30.2 Å². The molecular formula is C24H32N4O3S. The van der Waals surface area contributed by atoms with Gasteiger partial charge in [-0.3, -0.25) is 4.79 Å². The van der Waals surface area contributed by atoms with E-state index < -0.39 is 0 Å². The van der Waals surface area contributed by atoms with E-state index in [1.165, 1.54) is 5.69 Å². The summed E-state index contributed by atoms with van der Waals surface area (Å²) >= 11 is 1.57. The van der Waals surface area contributed by atoms with Crippen molar-refractivity contribution in [2.75, 3.05) is 36.5 Å². The lowest BCUT2D eigenvalue weighted by atomic mass is 10.0. The monoisotopic (exact) mass is 456 g/mol. The Labute approximate surface area is 193 Å². The number of hydrogen-bond donors (Lipinski definition) is 2. The maximum Gasteiger partial charge on any atom is 0.410 e. The normalized spacial score (nSPS) is 17.2. The van der Waals surface area contributed by atoms with E-state index in [4.69, 9.17) is 4.74 Å². The van der Waals surface area contributed by atoms with Crippen molar-refractivity contribution in [3.05, 3.63) is 45.8 Å². The molecule has 2 aliphatic heterocycles. The fourth-order valence-electron chi connectivity index (χ4n) is 4.44. The average molecular weight is 457 g/mol. The number of ether oxygens (including phenoxy) is 1. The minimum Gasteiger partial charge on any atom is -0.450 e. The smallest absolute Gasteiger partial charge is 0.410 e. The maximum atomic E-state index is 13.0. The molecule has 0 fully saturated rings. The second-order valence-corrected chi connectivity index (χ2v) is 9.31. The van der Waals surface area contributed by atoms with E-state index >= 15 is 0 Å². The first-order valence-electron chi connectivity index (χ1n) is 11.5. The Hall–Kier alpha value is -2.74. The maximum absolute atomic E-state index is 13.0. The molecule has 172 valence electrons. The number of rotatable bonds is 7. The number of nitrogens with zero attached hydrogens (tertiary/aromatic N) is 2. The molecule has 0 spiro atoms. The van der Waals surface area contributed by atoms with Gasteiger partial charge in [0.05, 0.1) is 18.7 Å². The Balaban J connectivity index is 1.51. The van der Waals surface area contributed by atoms with E-state index in [1.54, 1.807) is 16.2 Å². The topological polar surface area (TPSA) is 73.9 Å². The van der Waals surface area contributed by atoms with Crippen molar-refractivity contribution < 1.29 is 14.3 Å². The molecule has 1 unspecified atom stereocenters. The minimum atomic E-state index is -0.292. The molecule has 0 saturated heterocycles. The molecule has 32 heavy (non-hydrogen) atoms. The molecule has 2 N–H and O–H groups in total. The number of thiophene rings is 1. The standard InChI is InChI=1S/C24H32N4O3S/c1-4-12-27(13-5-2)17-9-7-16(8-10-17)21-25-22(29)20-18-11-14-28(24(30)31-6-3)15-19(18)32-23(20)26-21/h7-10,21,26H,4-6,11-15H2,1-3H3,(H,25,29). The highest BCUT2D eigenvalue weighted by atomic mass is 32.1. The summed E-state index contributed by atoms with van der Waals surface area (Å²) in [4.78, 5) is 30.3. The van der Waals surface area contributed by atoms with Gasteiger partial charge in [-0.15, -0.1) is 11.3 Å². The third-order valence-corrected chi connectivity index (χ3v) is 7.09. The SMILES string of the molecule is CCCN(CCC)c1ccc(C2NC(=O)c3c(sc4c3CCN(C(=O)OCC)C4)N2)cc1. The summed E-state index contributed by atoms with van der Waals surface area (Å²) in [6.07, 6.45) is 2.33. The zero-order chi connectivity index (χ0) is 22.7. The summed E-state index contributed by atoms with van der Waals surface area (Å²) in [5.41, 5.74) is 4.03. The highest BCUT2D eigenvalue weighted by molar-refractivity contribution is 7.16. The van der Waals surface area contributed by atoms with Gasteiger partial charge < -0.3 is 25.2 Å². The predicted molar refractivity (Wildman–Crippen MR) is 129 cm³/mol. The second kappa shape index (κ2) is 9.81. The number of carbonyl (C=O) groups excluding carboxylic acids is 2. The zero-order valence-electron chi connectivity index (χ0n) is 19.1. The highest BCUT2D eigenvalue weighted by Crippen LogP contribution is 2.41. The van der Waals surface area contributed by atoms with Crippen LogP contribution in [0.2, 0.25) is 0 Å². The highest BCUT2D eigenvalue weighted by Gasteiger charge is 2.34. The van der Waals surface area contributed by atoms with E-state index in [1.807, 2.05) is 6.92 Å². The summed E-state index contributed by atoms with van der Waals surface area (Å²) in [6.45, 7) is 9.71. The third-order valence-electron chi connectivity index (χ3n) is 5.94. The van der Waals surface area contributed by atoms with Crippen LogP contribution in [0.1, 0.15) is 66.1 Å². The molecule has 1 atom stereocenters. The largest absolute Gasteiger partial charge is 0.450 e.